The lowest BCUT2D eigenvalue weighted by Crippen LogP contribution is -2.31. The molecule has 2 heterocycles. The summed E-state index contributed by atoms with van der Waals surface area (Å²) in [6.45, 7) is 4.23. The van der Waals surface area contributed by atoms with Gasteiger partial charge in [0.05, 0.1) is 29.7 Å². The lowest BCUT2D eigenvalue weighted by atomic mass is 10.2. The molecule has 1 amide bonds. The fraction of sp³-hybridized carbons (Fsp3) is 0.400. The maximum atomic E-state index is 12.8. The number of hydrogen-bond donors (Lipinski definition) is 1. The average molecular weight is 339 g/mol. The first kappa shape index (κ1) is 17.3. The fourth-order valence-electron chi connectivity index (χ4n) is 3.09. The highest BCUT2D eigenvalue weighted by Gasteiger charge is 2.18. The number of aromatic nitrogens is 1. The number of ether oxygens (including phenoxy) is 1. The van der Waals surface area contributed by atoms with Gasteiger partial charge in [0.15, 0.2) is 0 Å². The van der Waals surface area contributed by atoms with Crippen molar-refractivity contribution in [3.8, 4) is 5.75 Å². The van der Waals surface area contributed by atoms with Crippen molar-refractivity contribution >= 4 is 17.3 Å². The molecule has 25 heavy (non-hydrogen) atoms. The van der Waals surface area contributed by atoms with Crippen LogP contribution in [0.4, 0.5) is 11.4 Å². The minimum Gasteiger partial charge on any atom is -0.492 e. The monoisotopic (exact) mass is 339 g/mol. The Morgan fingerprint density at radius 2 is 1.92 bits per heavy atom. The summed E-state index contributed by atoms with van der Waals surface area (Å²) in [5.74, 6) is 0.852. The van der Waals surface area contributed by atoms with E-state index in [1.165, 1.54) is 12.8 Å². The van der Waals surface area contributed by atoms with Gasteiger partial charge < -0.3 is 15.0 Å². The third-order valence-electron chi connectivity index (χ3n) is 4.34. The van der Waals surface area contributed by atoms with E-state index < -0.39 is 0 Å². The number of benzene rings is 1. The zero-order valence-electron chi connectivity index (χ0n) is 14.7. The Kier molecular flexibility index (Phi) is 5.88. The Hall–Kier alpha value is -2.56. The minimum absolute atomic E-state index is 0.0659. The summed E-state index contributed by atoms with van der Waals surface area (Å²) in [7, 11) is 0. The molecular weight excluding hydrogens is 314 g/mol. The normalized spacial score (nSPS) is 14.7. The molecule has 0 radical (unpaired) electrons. The van der Waals surface area contributed by atoms with Crippen molar-refractivity contribution in [3.05, 3.63) is 48.3 Å². The van der Waals surface area contributed by atoms with Crippen LogP contribution in [-0.2, 0) is 0 Å². The SMILES string of the molecule is CCOc1ccccc1Nc1cncc(C(=O)N2CCCCCC2)c1. The topological polar surface area (TPSA) is 54.5 Å². The van der Waals surface area contributed by atoms with E-state index in [1.54, 1.807) is 12.4 Å². The van der Waals surface area contributed by atoms with Gasteiger partial charge in [0.25, 0.3) is 5.91 Å². The van der Waals surface area contributed by atoms with E-state index in [-0.39, 0.29) is 5.91 Å². The number of nitrogens with zero attached hydrogens (tertiary/aromatic N) is 2. The van der Waals surface area contributed by atoms with Gasteiger partial charge in [0.1, 0.15) is 5.75 Å². The summed E-state index contributed by atoms with van der Waals surface area (Å²) in [6, 6.07) is 9.63. The fourth-order valence-corrected chi connectivity index (χ4v) is 3.09. The predicted molar refractivity (Wildman–Crippen MR) is 99.5 cm³/mol. The number of rotatable bonds is 5. The van der Waals surface area contributed by atoms with E-state index in [0.717, 1.165) is 43.1 Å². The Morgan fingerprint density at radius 3 is 2.68 bits per heavy atom. The van der Waals surface area contributed by atoms with E-state index in [2.05, 4.69) is 10.3 Å². The molecule has 1 aliphatic heterocycles. The number of likely N-dealkylation sites (tertiary alicyclic amines) is 1. The van der Waals surface area contributed by atoms with Crippen molar-refractivity contribution in [2.45, 2.75) is 32.6 Å². The van der Waals surface area contributed by atoms with Crippen LogP contribution in [0.15, 0.2) is 42.7 Å². The Morgan fingerprint density at radius 1 is 1.16 bits per heavy atom. The number of anilines is 2. The molecule has 1 saturated heterocycles. The highest BCUT2D eigenvalue weighted by Crippen LogP contribution is 2.27. The van der Waals surface area contributed by atoms with E-state index in [4.69, 9.17) is 4.74 Å². The molecule has 132 valence electrons. The third kappa shape index (κ3) is 4.50. The quantitative estimate of drug-likeness (QED) is 0.885. The summed E-state index contributed by atoms with van der Waals surface area (Å²) in [6.07, 6.45) is 7.95. The smallest absolute Gasteiger partial charge is 0.255 e. The van der Waals surface area contributed by atoms with Crippen molar-refractivity contribution in [1.29, 1.82) is 0 Å². The first-order valence-electron chi connectivity index (χ1n) is 9.01. The lowest BCUT2D eigenvalue weighted by molar-refractivity contribution is 0.0761. The lowest BCUT2D eigenvalue weighted by Gasteiger charge is -2.20. The van der Waals surface area contributed by atoms with E-state index in [1.807, 2.05) is 42.2 Å². The molecule has 0 spiro atoms. The number of carbonyl (C=O) groups is 1. The van der Waals surface area contributed by atoms with Crippen molar-refractivity contribution in [2.75, 3.05) is 25.0 Å². The van der Waals surface area contributed by atoms with Crippen LogP contribution in [0.25, 0.3) is 0 Å². The zero-order chi connectivity index (χ0) is 17.5. The minimum atomic E-state index is 0.0659. The second-order valence-corrected chi connectivity index (χ2v) is 6.22. The van der Waals surface area contributed by atoms with Crippen LogP contribution in [0.5, 0.6) is 5.75 Å². The second-order valence-electron chi connectivity index (χ2n) is 6.22. The van der Waals surface area contributed by atoms with Crippen molar-refractivity contribution in [2.24, 2.45) is 0 Å². The van der Waals surface area contributed by atoms with Crippen LogP contribution in [-0.4, -0.2) is 35.5 Å². The number of para-hydroxylation sites is 2. The Labute approximate surface area is 149 Å². The Balaban J connectivity index is 1.76. The van der Waals surface area contributed by atoms with Gasteiger partial charge in [-0.2, -0.15) is 0 Å². The van der Waals surface area contributed by atoms with E-state index in [9.17, 15) is 4.79 Å². The number of hydrogen-bond acceptors (Lipinski definition) is 4. The highest BCUT2D eigenvalue weighted by molar-refractivity contribution is 5.95. The van der Waals surface area contributed by atoms with Gasteiger partial charge in [-0.1, -0.05) is 25.0 Å². The maximum absolute atomic E-state index is 12.8. The molecular formula is C20H25N3O2. The molecule has 0 unspecified atom stereocenters. The highest BCUT2D eigenvalue weighted by atomic mass is 16.5. The van der Waals surface area contributed by atoms with Gasteiger partial charge in [-0.3, -0.25) is 9.78 Å². The molecule has 1 aromatic heterocycles. The molecule has 1 aromatic carbocycles. The molecule has 0 saturated carbocycles. The summed E-state index contributed by atoms with van der Waals surface area (Å²) in [5.41, 5.74) is 2.28. The van der Waals surface area contributed by atoms with Crippen LogP contribution >= 0.6 is 0 Å². The van der Waals surface area contributed by atoms with Gasteiger partial charge in [0.2, 0.25) is 0 Å². The van der Waals surface area contributed by atoms with Crippen molar-refractivity contribution in [1.82, 2.24) is 9.88 Å². The number of pyridine rings is 1. The molecule has 2 aromatic rings. The van der Waals surface area contributed by atoms with Crippen molar-refractivity contribution < 1.29 is 9.53 Å². The molecule has 0 bridgehead atoms. The Bertz CT molecular complexity index is 710. The van der Waals surface area contributed by atoms with Crippen LogP contribution in [0, 0.1) is 0 Å². The summed E-state index contributed by atoms with van der Waals surface area (Å²) >= 11 is 0. The molecule has 1 fully saturated rings. The maximum Gasteiger partial charge on any atom is 0.255 e. The predicted octanol–water partition coefficient (Wildman–Crippen LogP) is 4.24. The van der Waals surface area contributed by atoms with Crippen molar-refractivity contribution in [3.63, 3.8) is 0 Å². The largest absolute Gasteiger partial charge is 0.492 e. The first-order chi connectivity index (χ1) is 12.3. The first-order valence-corrected chi connectivity index (χ1v) is 9.01. The number of carbonyl (C=O) groups excluding carboxylic acids is 1. The molecule has 5 heteroatoms. The number of nitrogens with one attached hydrogen (secondary N) is 1. The molecule has 0 aliphatic carbocycles. The van der Waals surface area contributed by atoms with Crippen LogP contribution in [0.3, 0.4) is 0 Å². The van der Waals surface area contributed by atoms with Gasteiger partial charge in [-0.25, -0.2) is 0 Å². The summed E-state index contributed by atoms with van der Waals surface area (Å²) in [4.78, 5) is 19.0. The van der Waals surface area contributed by atoms with E-state index >= 15 is 0 Å². The zero-order valence-corrected chi connectivity index (χ0v) is 14.7. The molecule has 5 nitrogen and oxygen atoms in total. The van der Waals surface area contributed by atoms with Crippen LogP contribution in [0.2, 0.25) is 0 Å². The average Bonchev–Trinajstić information content (AvgIpc) is 2.93. The van der Waals surface area contributed by atoms with Gasteiger partial charge in [-0.05, 0) is 38.0 Å². The van der Waals surface area contributed by atoms with Crippen LogP contribution < -0.4 is 10.1 Å². The third-order valence-corrected chi connectivity index (χ3v) is 4.34. The molecule has 1 N–H and O–H groups in total. The molecule has 0 atom stereocenters. The van der Waals surface area contributed by atoms with Gasteiger partial charge in [0, 0.05) is 19.3 Å². The molecule has 1 aliphatic rings. The van der Waals surface area contributed by atoms with Crippen LogP contribution in [0.1, 0.15) is 43.0 Å². The van der Waals surface area contributed by atoms with Gasteiger partial charge >= 0.3 is 0 Å². The second kappa shape index (κ2) is 8.51. The summed E-state index contributed by atoms with van der Waals surface area (Å²) in [5, 5.41) is 3.31. The molecule has 3 rings (SSSR count). The van der Waals surface area contributed by atoms with Gasteiger partial charge in [-0.15, -0.1) is 0 Å². The standard InChI is InChI=1S/C20H25N3O2/c1-2-25-19-10-6-5-9-18(19)22-17-13-16(14-21-15-17)20(24)23-11-7-3-4-8-12-23/h5-6,9-10,13-15,22H,2-4,7-8,11-12H2,1H3. The summed E-state index contributed by atoms with van der Waals surface area (Å²) < 4.78 is 5.64. The van der Waals surface area contributed by atoms with E-state index in [0.29, 0.717) is 12.2 Å². The number of amides is 1.